The number of sulfonamides is 1. The van der Waals surface area contributed by atoms with E-state index < -0.39 is 10.0 Å². The molecule has 1 fully saturated rings. The summed E-state index contributed by atoms with van der Waals surface area (Å²) in [6.45, 7) is 1.59. The molecule has 1 aliphatic rings. The lowest BCUT2D eigenvalue weighted by Gasteiger charge is -2.23. The first-order valence-electron chi connectivity index (χ1n) is 5.81. The number of anilines is 1. The van der Waals surface area contributed by atoms with Gasteiger partial charge in [0, 0.05) is 36.9 Å². The molecule has 0 aliphatic carbocycles. The van der Waals surface area contributed by atoms with Gasteiger partial charge in [0.1, 0.15) is 0 Å². The summed E-state index contributed by atoms with van der Waals surface area (Å²) < 4.78 is 24.5. The smallest absolute Gasteiger partial charge is 0.211 e. The number of hydrogen-bond donors (Lipinski definition) is 0. The van der Waals surface area contributed by atoms with Crippen LogP contribution < -0.4 is 4.90 Å². The van der Waals surface area contributed by atoms with Gasteiger partial charge < -0.3 is 4.90 Å². The molecule has 1 unspecified atom stereocenters. The Bertz CT molecular complexity index is 515. The fourth-order valence-electron chi connectivity index (χ4n) is 2.20. The summed E-state index contributed by atoms with van der Waals surface area (Å²) in [5, 5.41) is 0.711. The summed E-state index contributed by atoms with van der Waals surface area (Å²) in [5.41, 5.74) is 1.09. The van der Waals surface area contributed by atoms with E-state index in [0.29, 0.717) is 5.02 Å². The lowest BCUT2D eigenvalue weighted by Crippen LogP contribution is -2.38. The molecule has 1 aromatic rings. The molecule has 100 valence electrons. The quantitative estimate of drug-likeness (QED) is 0.852. The SMILES string of the molecule is CN(C1CCN(c2ccc(Cl)cc2)C1)S(C)(=O)=O. The number of likely N-dealkylation sites (N-methyl/N-ethyl adjacent to an activating group) is 1. The van der Waals surface area contributed by atoms with Crippen molar-refractivity contribution in [2.45, 2.75) is 12.5 Å². The molecule has 0 amide bonds. The minimum Gasteiger partial charge on any atom is -0.370 e. The molecular weight excluding hydrogens is 272 g/mol. The molecule has 2 rings (SSSR count). The average Bonchev–Trinajstić information content (AvgIpc) is 2.77. The second-order valence-corrected chi connectivity index (χ2v) is 7.12. The zero-order valence-electron chi connectivity index (χ0n) is 10.5. The first-order chi connectivity index (χ1) is 8.38. The van der Waals surface area contributed by atoms with Crippen LogP contribution in [0.15, 0.2) is 24.3 Å². The summed E-state index contributed by atoms with van der Waals surface area (Å²) in [6, 6.07) is 7.68. The molecule has 0 aromatic heterocycles. The van der Waals surface area contributed by atoms with E-state index in [1.165, 1.54) is 10.6 Å². The standard InChI is InChI=1S/C12H17ClN2O2S/c1-14(18(2,16)17)12-7-8-15(9-12)11-5-3-10(13)4-6-11/h3-6,12H,7-9H2,1-2H3. The Hall–Kier alpha value is -0.780. The fourth-order valence-corrected chi connectivity index (χ4v) is 3.04. The third-order valence-corrected chi connectivity index (χ3v) is 4.99. The van der Waals surface area contributed by atoms with Crippen molar-refractivity contribution in [1.29, 1.82) is 0 Å². The van der Waals surface area contributed by atoms with Crippen molar-refractivity contribution < 1.29 is 8.42 Å². The van der Waals surface area contributed by atoms with Crippen molar-refractivity contribution in [3.05, 3.63) is 29.3 Å². The van der Waals surface area contributed by atoms with Crippen molar-refractivity contribution in [3.8, 4) is 0 Å². The van der Waals surface area contributed by atoms with E-state index in [-0.39, 0.29) is 6.04 Å². The first kappa shape index (κ1) is 13.6. The van der Waals surface area contributed by atoms with Gasteiger partial charge in [-0.25, -0.2) is 12.7 Å². The topological polar surface area (TPSA) is 40.6 Å². The Morgan fingerprint density at radius 1 is 1.33 bits per heavy atom. The van der Waals surface area contributed by atoms with Crippen molar-refractivity contribution in [2.24, 2.45) is 0 Å². The molecule has 6 heteroatoms. The van der Waals surface area contributed by atoms with Crippen LogP contribution in [0.25, 0.3) is 0 Å². The second kappa shape index (κ2) is 5.07. The maximum atomic E-state index is 11.5. The minimum atomic E-state index is -3.11. The van der Waals surface area contributed by atoms with Crippen LogP contribution in [-0.2, 0) is 10.0 Å². The van der Waals surface area contributed by atoms with Gasteiger partial charge in [-0.2, -0.15) is 0 Å². The van der Waals surface area contributed by atoms with Crippen molar-refractivity contribution >= 4 is 27.3 Å². The second-order valence-electron chi connectivity index (χ2n) is 4.64. The zero-order valence-corrected chi connectivity index (χ0v) is 12.1. The molecule has 1 aromatic carbocycles. The molecule has 0 spiro atoms. The number of rotatable bonds is 3. The van der Waals surface area contributed by atoms with Crippen LogP contribution in [-0.4, -0.2) is 45.2 Å². The van der Waals surface area contributed by atoms with Crippen LogP contribution in [0.3, 0.4) is 0 Å². The van der Waals surface area contributed by atoms with Crippen LogP contribution in [0.5, 0.6) is 0 Å². The molecule has 1 aliphatic heterocycles. The first-order valence-corrected chi connectivity index (χ1v) is 8.04. The molecular formula is C12H17ClN2O2S. The van der Waals surface area contributed by atoms with Gasteiger partial charge in [-0.05, 0) is 30.7 Å². The molecule has 4 nitrogen and oxygen atoms in total. The number of benzene rings is 1. The van der Waals surface area contributed by atoms with Gasteiger partial charge in [-0.1, -0.05) is 11.6 Å². The zero-order chi connectivity index (χ0) is 13.3. The summed E-state index contributed by atoms with van der Waals surface area (Å²) in [5.74, 6) is 0. The highest BCUT2D eigenvalue weighted by Gasteiger charge is 2.30. The van der Waals surface area contributed by atoms with E-state index in [4.69, 9.17) is 11.6 Å². The van der Waals surface area contributed by atoms with Crippen molar-refractivity contribution in [3.63, 3.8) is 0 Å². The highest BCUT2D eigenvalue weighted by molar-refractivity contribution is 7.88. The molecule has 0 bridgehead atoms. The van der Waals surface area contributed by atoms with Crippen LogP contribution >= 0.6 is 11.6 Å². The number of halogens is 1. The Kier molecular flexibility index (Phi) is 3.84. The highest BCUT2D eigenvalue weighted by Crippen LogP contribution is 2.24. The average molecular weight is 289 g/mol. The van der Waals surface area contributed by atoms with Crippen LogP contribution in [0.4, 0.5) is 5.69 Å². The van der Waals surface area contributed by atoms with E-state index in [9.17, 15) is 8.42 Å². The number of nitrogens with zero attached hydrogens (tertiary/aromatic N) is 2. The predicted octanol–water partition coefficient (Wildman–Crippen LogP) is 1.81. The third kappa shape index (κ3) is 2.96. The molecule has 18 heavy (non-hydrogen) atoms. The Balaban J connectivity index is 2.07. The fraction of sp³-hybridized carbons (Fsp3) is 0.500. The Morgan fingerprint density at radius 2 is 1.94 bits per heavy atom. The van der Waals surface area contributed by atoms with E-state index in [2.05, 4.69) is 4.90 Å². The van der Waals surface area contributed by atoms with E-state index >= 15 is 0 Å². The van der Waals surface area contributed by atoms with E-state index in [0.717, 1.165) is 25.2 Å². The van der Waals surface area contributed by atoms with Gasteiger partial charge >= 0.3 is 0 Å². The molecule has 0 radical (unpaired) electrons. The van der Waals surface area contributed by atoms with Gasteiger partial charge in [0.15, 0.2) is 0 Å². The number of hydrogen-bond acceptors (Lipinski definition) is 3. The lowest BCUT2D eigenvalue weighted by atomic mass is 10.3. The normalized spacial score (nSPS) is 20.7. The van der Waals surface area contributed by atoms with Gasteiger partial charge in [0.2, 0.25) is 10.0 Å². The van der Waals surface area contributed by atoms with Crippen LogP contribution in [0.1, 0.15) is 6.42 Å². The Labute approximate surface area is 113 Å². The molecule has 0 saturated carbocycles. The lowest BCUT2D eigenvalue weighted by molar-refractivity contribution is 0.393. The summed E-state index contributed by atoms with van der Waals surface area (Å²) in [4.78, 5) is 2.18. The Morgan fingerprint density at radius 3 is 2.50 bits per heavy atom. The summed E-state index contributed by atoms with van der Waals surface area (Å²) in [6.07, 6.45) is 2.10. The molecule has 1 atom stereocenters. The monoisotopic (exact) mass is 288 g/mol. The molecule has 1 heterocycles. The summed E-state index contributed by atoms with van der Waals surface area (Å²) in [7, 11) is -1.47. The summed E-state index contributed by atoms with van der Waals surface area (Å²) >= 11 is 5.85. The largest absolute Gasteiger partial charge is 0.370 e. The van der Waals surface area contributed by atoms with Gasteiger partial charge in [0.05, 0.1) is 6.26 Å². The highest BCUT2D eigenvalue weighted by atomic mass is 35.5. The third-order valence-electron chi connectivity index (χ3n) is 3.39. The maximum absolute atomic E-state index is 11.5. The van der Waals surface area contributed by atoms with Gasteiger partial charge in [-0.3, -0.25) is 0 Å². The van der Waals surface area contributed by atoms with E-state index in [1.807, 2.05) is 24.3 Å². The predicted molar refractivity (Wildman–Crippen MR) is 74.7 cm³/mol. The van der Waals surface area contributed by atoms with Gasteiger partial charge in [-0.15, -0.1) is 0 Å². The van der Waals surface area contributed by atoms with Crippen molar-refractivity contribution in [1.82, 2.24) is 4.31 Å². The minimum absolute atomic E-state index is 0.0516. The van der Waals surface area contributed by atoms with Crippen molar-refractivity contribution in [2.75, 3.05) is 31.3 Å². The molecule has 0 N–H and O–H groups in total. The maximum Gasteiger partial charge on any atom is 0.211 e. The molecule has 1 saturated heterocycles. The van der Waals surface area contributed by atoms with Crippen LogP contribution in [0, 0.1) is 0 Å². The van der Waals surface area contributed by atoms with Gasteiger partial charge in [0.25, 0.3) is 0 Å². The van der Waals surface area contributed by atoms with E-state index in [1.54, 1.807) is 7.05 Å². The van der Waals surface area contributed by atoms with Crippen LogP contribution in [0.2, 0.25) is 5.02 Å².